The lowest BCUT2D eigenvalue weighted by atomic mass is 9.95. The summed E-state index contributed by atoms with van der Waals surface area (Å²) in [6.45, 7) is 3.06. The Balaban J connectivity index is 1.72. The van der Waals surface area contributed by atoms with Crippen LogP contribution >= 0.6 is 0 Å². The lowest BCUT2D eigenvalue weighted by molar-refractivity contribution is -0.130. The molecule has 134 valence electrons. The summed E-state index contributed by atoms with van der Waals surface area (Å²) in [5.41, 5.74) is -0.428. The molecule has 25 heavy (non-hydrogen) atoms. The first-order valence-electron chi connectivity index (χ1n) is 8.45. The van der Waals surface area contributed by atoms with Crippen molar-refractivity contribution in [2.24, 2.45) is 0 Å². The highest BCUT2D eigenvalue weighted by molar-refractivity contribution is 6.04. The molecular weight excluding hydrogens is 326 g/mol. The number of H-pyrrole nitrogens is 1. The second-order valence-electron chi connectivity index (χ2n) is 6.34. The van der Waals surface area contributed by atoms with Crippen LogP contribution in [0.25, 0.3) is 11.1 Å². The fourth-order valence-corrected chi connectivity index (χ4v) is 3.14. The van der Waals surface area contributed by atoms with Crippen molar-refractivity contribution in [3.05, 3.63) is 28.0 Å². The summed E-state index contributed by atoms with van der Waals surface area (Å²) in [5.74, 6) is -0.886. The Morgan fingerprint density at radius 1 is 1.36 bits per heavy atom. The van der Waals surface area contributed by atoms with Gasteiger partial charge in [0.05, 0.1) is 6.33 Å². The SMILES string of the molecule is Cc1oc2nc[nH]c(=O)c2c1C(=O)OC(C)C(=O)NC1CCCCC1. The van der Waals surface area contributed by atoms with Crippen LogP contribution in [0.1, 0.15) is 55.1 Å². The number of hydrogen-bond donors (Lipinski definition) is 2. The van der Waals surface area contributed by atoms with Crippen LogP contribution in [0.4, 0.5) is 0 Å². The van der Waals surface area contributed by atoms with Gasteiger partial charge in [-0.3, -0.25) is 9.59 Å². The molecule has 2 aromatic heterocycles. The number of furan rings is 1. The summed E-state index contributed by atoms with van der Waals surface area (Å²) in [6, 6.07) is 0.130. The standard InChI is InChI=1S/C17H21N3O5/c1-9-12(13-15(22)18-8-19-16(13)24-9)17(23)25-10(2)14(21)20-11-6-4-3-5-7-11/h8,10-11H,3-7H2,1-2H3,(H,20,21)(H,18,19,22). The monoisotopic (exact) mass is 347 g/mol. The van der Waals surface area contributed by atoms with Crippen LogP contribution < -0.4 is 10.9 Å². The van der Waals surface area contributed by atoms with Crippen molar-refractivity contribution in [2.45, 2.75) is 58.1 Å². The highest BCUT2D eigenvalue weighted by Crippen LogP contribution is 2.22. The number of amides is 1. The molecule has 1 fully saturated rings. The molecule has 1 unspecified atom stereocenters. The number of ether oxygens (including phenoxy) is 1. The Morgan fingerprint density at radius 2 is 2.08 bits per heavy atom. The van der Waals surface area contributed by atoms with Gasteiger partial charge in [-0.1, -0.05) is 19.3 Å². The highest BCUT2D eigenvalue weighted by Gasteiger charge is 2.27. The van der Waals surface area contributed by atoms with Crippen molar-refractivity contribution >= 4 is 23.0 Å². The smallest absolute Gasteiger partial charge is 0.343 e. The zero-order valence-corrected chi connectivity index (χ0v) is 14.3. The predicted molar refractivity (Wildman–Crippen MR) is 89.3 cm³/mol. The number of esters is 1. The van der Waals surface area contributed by atoms with Crippen molar-refractivity contribution in [3.63, 3.8) is 0 Å². The van der Waals surface area contributed by atoms with E-state index >= 15 is 0 Å². The van der Waals surface area contributed by atoms with E-state index < -0.39 is 17.6 Å². The van der Waals surface area contributed by atoms with Crippen LogP contribution in [0.2, 0.25) is 0 Å². The van der Waals surface area contributed by atoms with Crippen LogP contribution in [0, 0.1) is 6.92 Å². The molecule has 2 aromatic rings. The number of hydrogen-bond acceptors (Lipinski definition) is 6. The molecule has 0 spiro atoms. The summed E-state index contributed by atoms with van der Waals surface area (Å²) in [7, 11) is 0. The Kier molecular flexibility index (Phi) is 4.87. The molecule has 0 bridgehead atoms. The van der Waals surface area contributed by atoms with Gasteiger partial charge in [0, 0.05) is 6.04 Å². The minimum atomic E-state index is -0.963. The molecule has 2 N–H and O–H groups in total. The van der Waals surface area contributed by atoms with E-state index in [1.54, 1.807) is 6.92 Å². The molecule has 0 aromatic carbocycles. The first kappa shape index (κ1) is 17.2. The van der Waals surface area contributed by atoms with Gasteiger partial charge >= 0.3 is 5.97 Å². The maximum Gasteiger partial charge on any atom is 0.343 e. The number of carbonyl (C=O) groups excluding carboxylic acids is 2. The van der Waals surface area contributed by atoms with E-state index in [2.05, 4.69) is 15.3 Å². The topological polar surface area (TPSA) is 114 Å². The number of nitrogens with zero attached hydrogens (tertiary/aromatic N) is 1. The molecule has 8 heteroatoms. The lowest BCUT2D eigenvalue weighted by Gasteiger charge is -2.24. The number of aromatic amines is 1. The first-order valence-corrected chi connectivity index (χ1v) is 8.45. The van der Waals surface area contributed by atoms with Gasteiger partial charge in [0.15, 0.2) is 6.10 Å². The van der Waals surface area contributed by atoms with Crippen LogP contribution in [0.5, 0.6) is 0 Å². The van der Waals surface area contributed by atoms with Gasteiger partial charge in [-0.2, -0.15) is 0 Å². The molecule has 8 nitrogen and oxygen atoms in total. The molecule has 0 aliphatic heterocycles. The minimum Gasteiger partial charge on any atom is -0.449 e. The van der Waals surface area contributed by atoms with Crippen LogP contribution in [-0.4, -0.2) is 34.0 Å². The lowest BCUT2D eigenvalue weighted by Crippen LogP contribution is -2.42. The molecule has 3 rings (SSSR count). The first-order chi connectivity index (χ1) is 12.0. The largest absolute Gasteiger partial charge is 0.449 e. The Hall–Kier alpha value is -2.64. The number of aryl methyl sites for hydroxylation is 1. The third-order valence-corrected chi connectivity index (χ3v) is 4.48. The van der Waals surface area contributed by atoms with Crippen molar-refractivity contribution in [1.29, 1.82) is 0 Å². The third kappa shape index (κ3) is 3.57. The van der Waals surface area contributed by atoms with E-state index in [1.807, 2.05) is 0 Å². The maximum absolute atomic E-state index is 12.5. The highest BCUT2D eigenvalue weighted by atomic mass is 16.5. The Morgan fingerprint density at radius 3 is 2.80 bits per heavy atom. The molecule has 2 heterocycles. The van der Waals surface area contributed by atoms with E-state index in [4.69, 9.17) is 9.15 Å². The number of fused-ring (bicyclic) bond motifs is 1. The number of nitrogens with one attached hydrogen (secondary N) is 2. The van der Waals surface area contributed by atoms with Gasteiger partial charge < -0.3 is 19.5 Å². The van der Waals surface area contributed by atoms with Crippen molar-refractivity contribution in [2.75, 3.05) is 0 Å². The van der Waals surface area contributed by atoms with Gasteiger partial charge in [-0.05, 0) is 26.7 Å². The zero-order chi connectivity index (χ0) is 18.0. The Bertz CT molecular complexity index is 848. The molecule has 1 saturated carbocycles. The summed E-state index contributed by atoms with van der Waals surface area (Å²) in [4.78, 5) is 42.9. The van der Waals surface area contributed by atoms with E-state index in [-0.39, 0.29) is 34.4 Å². The fraction of sp³-hybridized carbons (Fsp3) is 0.529. The van der Waals surface area contributed by atoms with Gasteiger partial charge in [0.25, 0.3) is 11.5 Å². The average Bonchev–Trinajstić information content (AvgIpc) is 2.93. The van der Waals surface area contributed by atoms with Crippen molar-refractivity contribution < 1.29 is 18.7 Å². The third-order valence-electron chi connectivity index (χ3n) is 4.48. The molecule has 0 saturated heterocycles. The normalized spacial score (nSPS) is 16.6. The number of aromatic nitrogens is 2. The second-order valence-corrected chi connectivity index (χ2v) is 6.34. The summed E-state index contributed by atoms with van der Waals surface area (Å²) in [5, 5.41) is 2.94. The number of rotatable bonds is 4. The van der Waals surface area contributed by atoms with Gasteiger partial charge in [0.1, 0.15) is 16.7 Å². The van der Waals surface area contributed by atoms with E-state index in [0.29, 0.717) is 0 Å². The molecule has 1 amide bonds. The summed E-state index contributed by atoms with van der Waals surface area (Å²) < 4.78 is 10.6. The quantitative estimate of drug-likeness (QED) is 0.815. The zero-order valence-electron chi connectivity index (χ0n) is 14.3. The second kappa shape index (κ2) is 7.08. The van der Waals surface area contributed by atoms with Gasteiger partial charge in [-0.25, -0.2) is 9.78 Å². The van der Waals surface area contributed by atoms with Crippen molar-refractivity contribution in [3.8, 4) is 0 Å². The minimum absolute atomic E-state index is 0.00154. The summed E-state index contributed by atoms with van der Waals surface area (Å²) >= 11 is 0. The fourth-order valence-electron chi connectivity index (χ4n) is 3.14. The molecule has 1 aliphatic rings. The van der Waals surface area contributed by atoms with E-state index in [9.17, 15) is 14.4 Å². The van der Waals surface area contributed by atoms with Crippen LogP contribution in [0.15, 0.2) is 15.5 Å². The average molecular weight is 347 g/mol. The van der Waals surface area contributed by atoms with Crippen molar-refractivity contribution in [1.82, 2.24) is 15.3 Å². The predicted octanol–water partition coefficient (Wildman–Crippen LogP) is 1.82. The molecular formula is C17H21N3O5. The van der Waals surface area contributed by atoms with Crippen LogP contribution in [0.3, 0.4) is 0 Å². The van der Waals surface area contributed by atoms with Gasteiger partial charge in [-0.15, -0.1) is 0 Å². The van der Waals surface area contributed by atoms with E-state index in [0.717, 1.165) is 25.7 Å². The van der Waals surface area contributed by atoms with E-state index in [1.165, 1.54) is 19.7 Å². The Labute approximate surface area is 144 Å². The molecule has 1 atom stereocenters. The molecule has 0 radical (unpaired) electrons. The number of carbonyl (C=O) groups is 2. The summed E-state index contributed by atoms with van der Waals surface area (Å²) in [6.07, 6.45) is 5.49. The molecule has 1 aliphatic carbocycles. The van der Waals surface area contributed by atoms with Gasteiger partial charge in [0.2, 0.25) is 5.71 Å². The maximum atomic E-state index is 12.5. The van der Waals surface area contributed by atoms with Crippen LogP contribution in [-0.2, 0) is 9.53 Å².